The number of halogens is 3. The highest BCUT2D eigenvalue weighted by Gasteiger charge is 2.31. The molecule has 3 aromatic rings. The third-order valence-electron chi connectivity index (χ3n) is 5.09. The van der Waals surface area contributed by atoms with Crippen LogP contribution in [0.1, 0.15) is 34.4 Å². The van der Waals surface area contributed by atoms with Crippen molar-refractivity contribution in [1.29, 1.82) is 0 Å². The van der Waals surface area contributed by atoms with E-state index in [2.05, 4.69) is 20.0 Å². The number of H-pyrrole nitrogens is 1. The molecule has 0 radical (unpaired) electrons. The number of amides is 1. The molecule has 3 N–H and O–H groups in total. The fraction of sp³-hybridized carbons (Fsp3) is 0.381. The van der Waals surface area contributed by atoms with Gasteiger partial charge in [0.15, 0.2) is 0 Å². The molecule has 0 aliphatic heterocycles. The summed E-state index contributed by atoms with van der Waals surface area (Å²) in [5, 5.41) is 13.4. The van der Waals surface area contributed by atoms with Crippen molar-refractivity contribution in [3.63, 3.8) is 0 Å². The highest BCUT2D eigenvalue weighted by Crippen LogP contribution is 2.34. The predicted octanol–water partition coefficient (Wildman–Crippen LogP) is 3.45. The lowest BCUT2D eigenvalue weighted by atomic mass is 10.1. The molecule has 1 unspecified atom stereocenters. The predicted molar refractivity (Wildman–Crippen MR) is 120 cm³/mol. The molecule has 1 aliphatic rings. The summed E-state index contributed by atoms with van der Waals surface area (Å²) in [6.07, 6.45) is -2.91. The molecule has 1 amide bonds. The van der Waals surface area contributed by atoms with Crippen molar-refractivity contribution in [2.24, 2.45) is 0 Å². The number of hydrogen-bond donors (Lipinski definition) is 3. The second-order valence-electron chi connectivity index (χ2n) is 7.48. The fourth-order valence-electron chi connectivity index (χ4n) is 3.63. The third-order valence-corrected chi connectivity index (χ3v) is 7.22. The molecule has 1 atom stereocenters. The number of nitrogens with zero attached hydrogens (tertiary/aromatic N) is 1. The molecule has 0 bridgehead atoms. The minimum Gasteiger partial charge on any atom is -0.406 e. The second-order valence-corrected chi connectivity index (χ2v) is 9.55. The first-order chi connectivity index (χ1) is 15.7. The van der Waals surface area contributed by atoms with Gasteiger partial charge in [-0.2, -0.15) is 0 Å². The normalized spacial score (nSPS) is 14.3. The van der Waals surface area contributed by atoms with E-state index in [-0.39, 0.29) is 23.8 Å². The lowest BCUT2D eigenvalue weighted by molar-refractivity contribution is -0.274. The van der Waals surface area contributed by atoms with Crippen molar-refractivity contribution in [3.8, 4) is 5.75 Å². The summed E-state index contributed by atoms with van der Waals surface area (Å²) in [5.41, 5.74) is 1.31. The Morgan fingerprint density at radius 1 is 1.30 bits per heavy atom. The van der Waals surface area contributed by atoms with E-state index in [1.807, 2.05) is 0 Å². The van der Waals surface area contributed by atoms with Gasteiger partial charge in [-0.3, -0.25) is 9.59 Å². The van der Waals surface area contributed by atoms with E-state index < -0.39 is 18.2 Å². The number of aromatic amines is 1. The van der Waals surface area contributed by atoms with Gasteiger partial charge in [-0.1, -0.05) is 12.1 Å². The van der Waals surface area contributed by atoms with Crippen LogP contribution in [-0.2, 0) is 23.4 Å². The van der Waals surface area contributed by atoms with E-state index in [0.29, 0.717) is 22.5 Å². The number of alkyl halides is 3. The maximum atomic E-state index is 12.5. The number of thiophene rings is 1. The van der Waals surface area contributed by atoms with Gasteiger partial charge in [0.25, 0.3) is 5.56 Å². The highest BCUT2D eigenvalue weighted by atomic mass is 32.2. The van der Waals surface area contributed by atoms with E-state index in [0.717, 1.165) is 41.8 Å². The first-order valence-electron chi connectivity index (χ1n) is 10.1. The van der Waals surface area contributed by atoms with E-state index in [1.54, 1.807) is 11.3 Å². The first-order valence-corrected chi connectivity index (χ1v) is 12.1. The average Bonchev–Trinajstić information content (AvgIpc) is 3.32. The van der Waals surface area contributed by atoms with Crippen molar-refractivity contribution in [1.82, 2.24) is 15.3 Å². The summed E-state index contributed by atoms with van der Waals surface area (Å²) in [5.74, 6) is 0.231. The Morgan fingerprint density at radius 3 is 2.79 bits per heavy atom. The standard InChI is InChI=1S/C21H20F3N3O4S2/c22-21(23,24)31-12-6-4-11(5-7-12)14(28)8-25-17(29)10-32-9-16-26-19(30)18-13-2-1-3-15(13)33-20(18)27-16/h4-7,14,28H,1-3,8-10H2,(H,25,29)(H,26,27,30). The van der Waals surface area contributed by atoms with Crippen LogP contribution in [0.25, 0.3) is 10.2 Å². The Morgan fingerprint density at radius 2 is 2.06 bits per heavy atom. The van der Waals surface area contributed by atoms with Crippen LogP contribution in [0.4, 0.5) is 13.2 Å². The molecule has 1 aliphatic carbocycles. The minimum absolute atomic E-state index is 0.0910. The van der Waals surface area contributed by atoms with Gasteiger partial charge in [-0.25, -0.2) is 4.98 Å². The Labute approximate surface area is 194 Å². The van der Waals surface area contributed by atoms with Gasteiger partial charge in [-0.15, -0.1) is 36.3 Å². The third kappa shape index (κ3) is 5.87. The molecular weight excluding hydrogens is 479 g/mol. The van der Waals surface area contributed by atoms with Crippen molar-refractivity contribution >= 4 is 39.2 Å². The zero-order valence-electron chi connectivity index (χ0n) is 17.2. The number of fused-ring (bicyclic) bond motifs is 3. The maximum Gasteiger partial charge on any atom is 0.573 e. The summed E-state index contributed by atoms with van der Waals surface area (Å²) >= 11 is 2.83. The molecule has 1 aromatic carbocycles. The fourth-order valence-corrected chi connectivity index (χ4v) is 5.63. The first kappa shape index (κ1) is 23.6. The van der Waals surface area contributed by atoms with E-state index >= 15 is 0 Å². The average molecular weight is 500 g/mol. The molecule has 33 heavy (non-hydrogen) atoms. The van der Waals surface area contributed by atoms with Gasteiger partial charge in [0.2, 0.25) is 5.91 Å². The number of carbonyl (C=O) groups is 1. The van der Waals surface area contributed by atoms with Crippen LogP contribution in [0.15, 0.2) is 29.1 Å². The van der Waals surface area contributed by atoms with Gasteiger partial charge in [-0.05, 0) is 42.5 Å². The Hall–Kier alpha value is -2.57. The van der Waals surface area contributed by atoms with Gasteiger partial charge in [0.05, 0.1) is 23.0 Å². The van der Waals surface area contributed by atoms with Crippen LogP contribution in [-0.4, -0.2) is 39.6 Å². The smallest absolute Gasteiger partial charge is 0.406 e. The monoisotopic (exact) mass is 499 g/mol. The number of hydrogen-bond acceptors (Lipinski definition) is 7. The quantitative estimate of drug-likeness (QED) is 0.439. The summed E-state index contributed by atoms with van der Waals surface area (Å²) in [6.45, 7) is -0.0966. The molecule has 0 saturated carbocycles. The molecule has 7 nitrogen and oxygen atoms in total. The number of carbonyl (C=O) groups excluding carboxylic acids is 1. The molecule has 2 heterocycles. The van der Waals surface area contributed by atoms with E-state index in [9.17, 15) is 27.9 Å². The number of rotatable bonds is 8. The van der Waals surface area contributed by atoms with Crippen LogP contribution in [0.3, 0.4) is 0 Å². The summed E-state index contributed by atoms with van der Waals surface area (Å²) in [7, 11) is 0. The van der Waals surface area contributed by atoms with Crippen LogP contribution in [0, 0.1) is 0 Å². The maximum absolute atomic E-state index is 12.5. The van der Waals surface area contributed by atoms with Gasteiger partial charge < -0.3 is 20.1 Å². The topological polar surface area (TPSA) is 104 Å². The number of nitrogens with one attached hydrogen (secondary N) is 2. The molecule has 4 rings (SSSR count). The summed E-state index contributed by atoms with van der Waals surface area (Å²) < 4.78 is 40.4. The molecular formula is C21H20F3N3O4S2. The van der Waals surface area contributed by atoms with E-state index in [4.69, 9.17) is 0 Å². The van der Waals surface area contributed by atoms with Crippen LogP contribution in [0.2, 0.25) is 0 Å². The number of benzene rings is 1. The van der Waals surface area contributed by atoms with Crippen LogP contribution >= 0.6 is 23.1 Å². The number of aromatic nitrogens is 2. The SMILES string of the molecule is O=C(CSCc1nc2sc3c(c2c(=O)[nH]1)CCC3)NCC(O)c1ccc(OC(F)(F)F)cc1. The second kappa shape index (κ2) is 9.74. The Bertz CT molecular complexity index is 1210. The molecule has 12 heteroatoms. The Kier molecular flexibility index (Phi) is 6.96. The molecule has 176 valence electrons. The lowest BCUT2D eigenvalue weighted by Crippen LogP contribution is -2.29. The number of ether oxygens (including phenoxy) is 1. The van der Waals surface area contributed by atoms with Crippen molar-refractivity contribution < 1.29 is 27.8 Å². The highest BCUT2D eigenvalue weighted by molar-refractivity contribution is 7.99. The van der Waals surface area contributed by atoms with Gasteiger partial charge in [0.1, 0.15) is 16.4 Å². The van der Waals surface area contributed by atoms with Crippen molar-refractivity contribution in [3.05, 3.63) is 56.4 Å². The molecule has 2 aromatic heterocycles. The zero-order chi connectivity index (χ0) is 23.6. The zero-order valence-corrected chi connectivity index (χ0v) is 18.8. The molecule has 0 fully saturated rings. The van der Waals surface area contributed by atoms with Gasteiger partial charge in [0, 0.05) is 11.4 Å². The minimum atomic E-state index is -4.79. The molecule has 0 saturated heterocycles. The number of thioether (sulfide) groups is 1. The number of aryl methyl sites for hydroxylation is 2. The summed E-state index contributed by atoms with van der Waals surface area (Å²) in [6, 6.07) is 4.78. The number of aliphatic hydroxyl groups is 1. The van der Waals surface area contributed by atoms with Crippen LogP contribution < -0.4 is 15.6 Å². The number of aliphatic hydroxyl groups excluding tert-OH is 1. The van der Waals surface area contributed by atoms with Crippen molar-refractivity contribution in [2.45, 2.75) is 37.5 Å². The summed E-state index contributed by atoms with van der Waals surface area (Å²) in [4.78, 5) is 33.8. The molecule has 0 spiro atoms. The van der Waals surface area contributed by atoms with Gasteiger partial charge >= 0.3 is 6.36 Å². The van der Waals surface area contributed by atoms with Crippen molar-refractivity contribution in [2.75, 3.05) is 12.3 Å². The van der Waals surface area contributed by atoms with Crippen LogP contribution in [0.5, 0.6) is 5.75 Å². The Balaban J connectivity index is 1.24. The lowest BCUT2D eigenvalue weighted by Gasteiger charge is -2.14. The largest absolute Gasteiger partial charge is 0.573 e. The van der Waals surface area contributed by atoms with E-state index in [1.165, 1.54) is 28.8 Å².